The van der Waals surface area contributed by atoms with Gasteiger partial charge in [0.05, 0.1) is 31.3 Å². The Kier molecular flexibility index (Phi) is 50.8. The number of hydrogen-bond donors (Lipinski definition) is 32. The van der Waals surface area contributed by atoms with Gasteiger partial charge in [-0.05, 0) is 164 Å². The van der Waals surface area contributed by atoms with Crippen LogP contribution in [-0.2, 0) is 99.1 Å². The third kappa shape index (κ3) is 39.8. The van der Waals surface area contributed by atoms with Gasteiger partial charge in [0.1, 0.15) is 102 Å². The molecule has 1 saturated heterocycles. The van der Waals surface area contributed by atoms with E-state index < -0.39 is 272 Å². The molecule has 0 aliphatic carbocycles. The van der Waals surface area contributed by atoms with Crippen molar-refractivity contribution in [1.82, 2.24) is 84.7 Å². The lowest BCUT2D eigenvalue weighted by Gasteiger charge is -2.31. The topological polar surface area (TPSA) is 891 Å². The van der Waals surface area contributed by atoms with Crippen molar-refractivity contribution in [3.63, 3.8) is 0 Å². The molecule has 133 heavy (non-hydrogen) atoms. The van der Waals surface area contributed by atoms with Crippen molar-refractivity contribution in [1.29, 1.82) is 5.41 Å². The molecule has 2 aromatic rings. The molecule has 19 atom stereocenters. The fourth-order valence-electron chi connectivity index (χ4n) is 13.7. The molecule has 41 N–H and O–H groups in total. The van der Waals surface area contributed by atoms with Gasteiger partial charge in [-0.15, -0.1) is 0 Å². The number of carbonyl (C=O) groups is 18. The van der Waals surface area contributed by atoms with Crippen LogP contribution in [0.25, 0.3) is 0 Å². The third-order valence-corrected chi connectivity index (χ3v) is 21.5. The van der Waals surface area contributed by atoms with Gasteiger partial charge in [-0.1, -0.05) is 58.4 Å². The van der Waals surface area contributed by atoms with Crippen molar-refractivity contribution in [2.24, 2.45) is 63.4 Å². The van der Waals surface area contributed by atoms with Crippen LogP contribution in [0.5, 0.6) is 11.5 Å². The number of nitrogens with zero attached hydrogens (tertiary/aromatic N) is 1. The molecule has 1 aliphatic heterocycles. The zero-order chi connectivity index (χ0) is 100. The number of phenolic OH excluding ortho intramolecular Hbond substituents is 2. The third-order valence-electron chi connectivity index (χ3n) is 21.5. The fraction of sp³-hybridized carbons (Fsp3) is 0.622. The highest BCUT2D eigenvalue weighted by Gasteiger charge is 2.45. The number of benzene rings is 2. The van der Waals surface area contributed by atoms with Gasteiger partial charge in [0.2, 0.25) is 94.5 Å². The number of nitrogens with one attached hydrogen (secondary N) is 16. The van der Waals surface area contributed by atoms with Crippen LogP contribution < -0.4 is 131 Å². The van der Waals surface area contributed by atoms with Gasteiger partial charge in [-0.25, -0.2) is 4.79 Å². The number of amides is 16. The van der Waals surface area contributed by atoms with Crippen molar-refractivity contribution < 1.29 is 122 Å². The molecule has 3 rings (SSSR count). The molecule has 1 heterocycles. The molecule has 0 bridgehead atoms. The Bertz CT molecular complexity index is 4230. The number of guanidine groups is 1. The summed E-state index contributed by atoms with van der Waals surface area (Å²) in [6.45, 7) is 4.85. The number of primary amides is 1. The van der Waals surface area contributed by atoms with E-state index >= 15 is 0 Å². The van der Waals surface area contributed by atoms with Crippen molar-refractivity contribution in [3.05, 3.63) is 59.7 Å². The van der Waals surface area contributed by atoms with Gasteiger partial charge in [-0.3, -0.25) is 86.9 Å². The first-order valence-electron chi connectivity index (χ1n) is 43.7. The summed E-state index contributed by atoms with van der Waals surface area (Å²) in [7, 11) is 0. The van der Waals surface area contributed by atoms with Gasteiger partial charge in [-0.2, -0.15) is 0 Å². The molecular weight excluding hydrogens is 1750 g/mol. The zero-order valence-corrected chi connectivity index (χ0v) is 75.2. The molecule has 0 aromatic heterocycles. The second-order valence-electron chi connectivity index (χ2n) is 32.5. The summed E-state index contributed by atoms with van der Waals surface area (Å²) in [6, 6.07) is -15.6. The summed E-state index contributed by atoms with van der Waals surface area (Å²) >= 11 is 0. The van der Waals surface area contributed by atoms with E-state index in [2.05, 4.69) is 79.8 Å². The Hall–Kier alpha value is -12.6. The average Bonchev–Trinajstić information content (AvgIpc) is 1.68. The first kappa shape index (κ1) is 115. The molecule has 2 aromatic carbocycles. The van der Waals surface area contributed by atoms with E-state index in [-0.39, 0.29) is 140 Å². The number of aromatic hydroxyl groups is 2. The second-order valence-corrected chi connectivity index (χ2v) is 32.5. The molecular formula is C82H136N26O25. The second kappa shape index (κ2) is 59.0. The molecule has 1 fully saturated rings. The Morgan fingerprint density at radius 3 is 1.15 bits per heavy atom. The minimum Gasteiger partial charge on any atom is -0.508 e. The van der Waals surface area contributed by atoms with E-state index in [4.69, 9.17) is 57.0 Å². The Balaban J connectivity index is 1.90. The predicted molar refractivity (Wildman–Crippen MR) is 477 cm³/mol. The summed E-state index contributed by atoms with van der Waals surface area (Å²) in [5.74, 6) is -22.2. The number of carbonyl (C=O) groups excluding carboxylic acids is 16. The van der Waals surface area contributed by atoms with E-state index in [0.29, 0.717) is 12.0 Å². The van der Waals surface area contributed by atoms with E-state index in [9.17, 15) is 122 Å². The van der Waals surface area contributed by atoms with E-state index in [1.54, 1.807) is 27.7 Å². The minimum atomic E-state index is -2.07. The highest BCUT2D eigenvalue weighted by atomic mass is 16.4. The van der Waals surface area contributed by atoms with Gasteiger partial charge in [0, 0.05) is 38.8 Å². The minimum absolute atomic E-state index is 0.106. The molecule has 16 amide bonds. The summed E-state index contributed by atoms with van der Waals surface area (Å²) in [4.78, 5) is 251. The van der Waals surface area contributed by atoms with Crippen molar-refractivity contribution in [3.8, 4) is 11.5 Å². The smallest absolute Gasteiger partial charge is 0.326 e. The molecule has 51 nitrogen and oxygen atoms in total. The highest BCUT2D eigenvalue weighted by molar-refractivity contribution is 6.02. The molecule has 0 radical (unpaired) electrons. The normalized spacial score (nSPS) is 16.7. The first-order chi connectivity index (χ1) is 62.8. The van der Waals surface area contributed by atoms with Crippen LogP contribution in [0.4, 0.5) is 0 Å². The maximum atomic E-state index is 14.6. The highest BCUT2D eigenvalue weighted by Crippen LogP contribution is 2.23. The Morgan fingerprint density at radius 1 is 0.436 bits per heavy atom. The zero-order valence-electron chi connectivity index (χ0n) is 75.2. The number of unbranched alkanes of at least 4 members (excludes halogenated alkanes) is 1. The SMILES string of the molecule is CC[C@H](C)[C@H](NC(=O)[C@@H]1C[C@@H](O)CN1C(=O)[C@@H](N)C(C)C)C(=O)N[C@@H](CCN)C(=O)N[C@@H](Cc1ccc(O)cc1)C(=O)N[C@H](C(=O)N[C@@H](CC(N)=O)C(=O)N[C@@H](CCCNC(=N)N)C(=O)N[C@@H](CCN)C(=O)N[C@@H](CO)C(=O)N[C@H](CCN)C(=O)N[C@@H](CCCCN)C(=O)N[C@@H](CCN)C(=O)N[C@@H](CCN)C(=O)N[C@@H](CCC(=O)O)C(=O)N[C@@H](Cc1ccc(O)cc1)C(=O)O)[C@@H](C)O. The molecule has 0 spiro atoms. The van der Waals surface area contributed by atoms with Crippen LogP contribution in [-0.4, -0.2) is 321 Å². The van der Waals surface area contributed by atoms with Crippen LogP contribution >= 0.6 is 0 Å². The lowest BCUT2D eigenvalue weighted by atomic mass is 9.96. The van der Waals surface area contributed by atoms with Crippen LogP contribution in [0.15, 0.2) is 48.5 Å². The summed E-state index contributed by atoms with van der Waals surface area (Å²) in [6.07, 6.45) is -7.83. The predicted octanol–water partition coefficient (Wildman–Crippen LogP) is -12.0. The maximum absolute atomic E-state index is 14.6. The Labute approximate surface area is 767 Å². The number of likely N-dealkylation sites (tertiary alicyclic amines) is 1. The van der Waals surface area contributed by atoms with Gasteiger partial charge in [0.25, 0.3) is 0 Å². The van der Waals surface area contributed by atoms with Crippen molar-refractivity contribution >= 4 is 112 Å². The number of aliphatic hydroxyl groups excluding tert-OH is 3. The van der Waals surface area contributed by atoms with Gasteiger partial charge >= 0.3 is 11.9 Å². The van der Waals surface area contributed by atoms with Crippen molar-refractivity contribution in [2.45, 2.75) is 253 Å². The summed E-state index contributed by atoms with van der Waals surface area (Å²) in [5.41, 5.74) is 53.1. The average molecular weight is 1890 g/mol. The number of β-amino-alcohol motifs (C(OH)–C–C–N with tert-alkyl or cyclic N) is 1. The number of carboxylic acids is 2. The van der Waals surface area contributed by atoms with Crippen LogP contribution in [0.1, 0.15) is 142 Å². The van der Waals surface area contributed by atoms with E-state index in [1.807, 2.05) is 0 Å². The largest absolute Gasteiger partial charge is 0.508 e. The summed E-state index contributed by atoms with van der Waals surface area (Å²) < 4.78 is 0. The molecule has 744 valence electrons. The molecule has 0 saturated carbocycles. The number of aliphatic carboxylic acids is 2. The number of carboxylic acid groups (broad SMARTS) is 2. The van der Waals surface area contributed by atoms with Gasteiger partial charge in [0.15, 0.2) is 5.96 Å². The molecule has 0 unspecified atom stereocenters. The maximum Gasteiger partial charge on any atom is 0.326 e. The van der Waals surface area contributed by atoms with E-state index in [1.165, 1.54) is 48.5 Å². The number of hydrogen-bond acceptors (Lipinski definition) is 31. The van der Waals surface area contributed by atoms with E-state index in [0.717, 1.165) is 11.8 Å². The Morgan fingerprint density at radius 2 is 0.782 bits per heavy atom. The molecule has 51 heteroatoms. The quantitative estimate of drug-likeness (QED) is 0.0166. The monoisotopic (exact) mass is 1890 g/mol. The number of rotatable bonds is 62. The lowest BCUT2D eigenvalue weighted by molar-refractivity contribution is -0.143. The number of phenols is 2. The lowest BCUT2D eigenvalue weighted by Crippen LogP contribution is -2.63. The number of aliphatic hydroxyl groups is 3. The van der Waals surface area contributed by atoms with Crippen molar-refractivity contribution in [2.75, 3.05) is 59.0 Å². The van der Waals surface area contributed by atoms with Gasteiger partial charge < -0.3 is 172 Å². The van der Waals surface area contributed by atoms with Crippen LogP contribution in [0, 0.1) is 17.2 Å². The number of nitrogens with two attached hydrogens (primary N) is 9. The van der Waals surface area contributed by atoms with Crippen LogP contribution in [0.2, 0.25) is 0 Å². The van der Waals surface area contributed by atoms with Crippen LogP contribution in [0.3, 0.4) is 0 Å². The summed E-state index contributed by atoms with van der Waals surface area (Å²) in [5, 5.41) is 116. The molecule has 1 aliphatic rings. The fourth-order valence-corrected chi connectivity index (χ4v) is 13.7. The standard InChI is InChI=1S/C82H136N26O25/c1-6-41(4)64(106-77(128)60-36-47(113)38-108(60)80(131)63(90)40(2)3)78(129)101-55(26-32-88)72(123)102-56(34-43-12-16-45(111)17-13-43)75(126)107-65(42(5)110)79(130)103-57(37-61(89)114)74(125)95-49(11-9-33-93-82(91)92)67(118)98-54(25-31-87)73(124)105-59(39-109)76(127)100-53(24-30-86)69(120)94-48(10-7-8-27-83)66(117)97-52(23-29-85)71(122)99-51(22-28-84)70(121)96-50(20-21-62(115)116)68(119)104-58(81(132)133)35-44-14-18-46(112)19-15-44/h12-19,40-42,47-60,63-65,109-113H,6-11,20-39,83-88,90H2,1-5H3,(H2,89,114)(H,94,120)(H,95,125)(H,96,121)(H,97,117)(H,98,118)(H,99,122)(H,100,127)(H,101,129)(H,102,123)(H,103,130)(H,104,119)(H,105,124)(H,106,128)(H,107,126)(H,115,116)(H,132,133)(H4,91,92,93)/t41-,42+,47+,48-,49-,50-,51-,52-,53+,54-,55-,56-,57-,58-,59-,60-,63-,64-,65-/m0/s1. The first-order valence-corrected chi connectivity index (χ1v) is 43.7.